The summed E-state index contributed by atoms with van der Waals surface area (Å²) in [6.45, 7) is 1.71. The Hall–Kier alpha value is -1.46. The highest BCUT2D eigenvalue weighted by molar-refractivity contribution is 5.75. The van der Waals surface area contributed by atoms with E-state index in [1.54, 1.807) is 14.0 Å². The number of benzene rings is 1. The van der Waals surface area contributed by atoms with Crippen LogP contribution in [0.5, 0.6) is 0 Å². The van der Waals surface area contributed by atoms with E-state index in [9.17, 15) is 9.18 Å². The molecule has 0 aliphatic carbocycles. The summed E-state index contributed by atoms with van der Waals surface area (Å²) in [6.07, 6.45) is 0. The number of hydrogen-bond donors (Lipinski definition) is 2. The maximum atomic E-state index is 13.1. The summed E-state index contributed by atoms with van der Waals surface area (Å²) in [5.41, 5.74) is 0.915. The number of nitrogens with zero attached hydrogens (tertiary/aromatic N) is 1. The highest BCUT2D eigenvalue weighted by Crippen LogP contribution is 2.21. The van der Waals surface area contributed by atoms with Crippen molar-refractivity contribution in [3.05, 3.63) is 35.1 Å². The third kappa shape index (κ3) is 3.25. The van der Waals surface area contributed by atoms with Crippen molar-refractivity contribution < 1.29 is 19.4 Å². The quantitative estimate of drug-likeness (QED) is 0.812. The van der Waals surface area contributed by atoms with Crippen LogP contribution in [0.15, 0.2) is 18.2 Å². The highest BCUT2D eigenvalue weighted by Gasteiger charge is 2.24. The lowest BCUT2D eigenvalue weighted by atomic mass is 10.0. The molecule has 1 aromatic carbocycles. The van der Waals surface area contributed by atoms with Crippen molar-refractivity contribution in [2.75, 3.05) is 20.2 Å². The van der Waals surface area contributed by atoms with Gasteiger partial charge in [-0.2, -0.15) is 0 Å². The van der Waals surface area contributed by atoms with Crippen molar-refractivity contribution in [2.24, 2.45) is 0 Å². The second-order valence-electron chi connectivity index (χ2n) is 3.95. The largest absolute Gasteiger partial charge is 0.480 e. The number of carboxylic acid groups (broad SMARTS) is 1. The van der Waals surface area contributed by atoms with Crippen molar-refractivity contribution in [1.29, 1.82) is 0 Å². The van der Waals surface area contributed by atoms with Crippen LogP contribution in [0.2, 0.25) is 0 Å². The Labute approximate surface area is 99.3 Å². The fourth-order valence-corrected chi connectivity index (χ4v) is 1.71. The summed E-state index contributed by atoms with van der Waals surface area (Å²) in [7, 11) is 1.60. The number of rotatable bonds is 5. The molecule has 2 N–H and O–H groups in total. The van der Waals surface area contributed by atoms with Gasteiger partial charge in [0.1, 0.15) is 11.9 Å². The molecule has 1 unspecified atom stereocenters. The molecule has 0 fully saturated rings. The molecular formula is C12H16FNO3. The van der Waals surface area contributed by atoms with E-state index in [2.05, 4.69) is 0 Å². The Morgan fingerprint density at radius 3 is 2.65 bits per heavy atom. The van der Waals surface area contributed by atoms with E-state index in [4.69, 9.17) is 10.2 Å². The van der Waals surface area contributed by atoms with Crippen LogP contribution < -0.4 is 0 Å². The summed E-state index contributed by atoms with van der Waals surface area (Å²) in [5.74, 6) is -1.38. The molecule has 0 heterocycles. The molecule has 94 valence electrons. The van der Waals surface area contributed by atoms with Crippen LogP contribution in [0.1, 0.15) is 17.2 Å². The standard InChI is InChI=1S/C12H16FNO3/c1-8-7-9(3-4-10(8)13)11(12(16)17)14(2)5-6-15/h3-4,7,11,15H,5-6H2,1-2H3,(H,16,17). The van der Waals surface area contributed by atoms with Crippen LogP contribution in [0.4, 0.5) is 4.39 Å². The minimum absolute atomic E-state index is 0.125. The topological polar surface area (TPSA) is 60.8 Å². The van der Waals surface area contributed by atoms with Crippen molar-refractivity contribution in [3.63, 3.8) is 0 Å². The number of likely N-dealkylation sites (N-methyl/N-ethyl adjacent to an activating group) is 1. The van der Waals surface area contributed by atoms with Crippen LogP contribution >= 0.6 is 0 Å². The van der Waals surface area contributed by atoms with Crippen molar-refractivity contribution >= 4 is 5.97 Å². The number of aliphatic hydroxyl groups excluding tert-OH is 1. The maximum absolute atomic E-state index is 13.1. The van der Waals surface area contributed by atoms with Gasteiger partial charge in [0.15, 0.2) is 0 Å². The Bertz CT molecular complexity index is 409. The molecule has 0 saturated carbocycles. The number of carbonyl (C=O) groups is 1. The molecule has 0 bridgehead atoms. The predicted octanol–water partition coefficient (Wildman–Crippen LogP) is 1.18. The lowest BCUT2D eigenvalue weighted by molar-refractivity contribution is -0.143. The fourth-order valence-electron chi connectivity index (χ4n) is 1.71. The maximum Gasteiger partial charge on any atom is 0.325 e. The van der Waals surface area contributed by atoms with E-state index in [1.165, 1.54) is 23.1 Å². The van der Waals surface area contributed by atoms with Gasteiger partial charge in [0.2, 0.25) is 0 Å². The Balaban J connectivity index is 3.05. The van der Waals surface area contributed by atoms with E-state index in [0.29, 0.717) is 11.1 Å². The fraction of sp³-hybridized carbons (Fsp3) is 0.417. The molecule has 0 aliphatic heterocycles. The SMILES string of the molecule is Cc1cc(C(C(=O)O)N(C)CCO)ccc1F. The van der Waals surface area contributed by atoms with Crippen LogP contribution in [0.25, 0.3) is 0 Å². The van der Waals surface area contributed by atoms with Gasteiger partial charge in [-0.15, -0.1) is 0 Å². The van der Waals surface area contributed by atoms with Crippen molar-refractivity contribution in [2.45, 2.75) is 13.0 Å². The van der Waals surface area contributed by atoms with Crippen molar-refractivity contribution in [1.82, 2.24) is 4.90 Å². The number of aliphatic carboxylic acids is 1. The average molecular weight is 241 g/mol. The molecule has 1 rings (SSSR count). The molecule has 0 saturated heterocycles. The molecule has 0 aromatic heterocycles. The minimum atomic E-state index is -1.02. The summed E-state index contributed by atoms with van der Waals surface area (Å²) in [4.78, 5) is 12.7. The smallest absolute Gasteiger partial charge is 0.325 e. The van der Waals surface area contributed by atoms with Gasteiger partial charge in [0.05, 0.1) is 6.61 Å². The first-order valence-corrected chi connectivity index (χ1v) is 5.27. The summed E-state index contributed by atoms with van der Waals surface area (Å²) in [6, 6.07) is 3.35. The molecular weight excluding hydrogens is 225 g/mol. The zero-order chi connectivity index (χ0) is 13.0. The zero-order valence-electron chi connectivity index (χ0n) is 9.85. The lowest BCUT2D eigenvalue weighted by Crippen LogP contribution is -2.33. The first kappa shape index (κ1) is 13.6. The van der Waals surface area contributed by atoms with Gasteiger partial charge in [-0.05, 0) is 31.2 Å². The molecule has 0 spiro atoms. The molecule has 0 aliphatic rings. The second kappa shape index (κ2) is 5.75. The van der Waals surface area contributed by atoms with E-state index >= 15 is 0 Å². The number of aryl methyl sites for hydroxylation is 1. The molecule has 1 aromatic rings. The van der Waals surface area contributed by atoms with Crippen LogP contribution in [0.3, 0.4) is 0 Å². The van der Waals surface area contributed by atoms with E-state index in [-0.39, 0.29) is 19.0 Å². The minimum Gasteiger partial charge on any atom is -0.480 e. The lowest BCUT2D eigenvalue weighted by Gasteiger charge is -2.24. The third-order valence-electron chi connectivity index (χ3n) is 2.63. The Morgan fingerprint density at radius 2 is 2.18 bits per heavy atom. The Morgan fingerprint density at radius 1 is 1.53 bits per heavy atom. The second-order valence-corrected chi connectivity index (χ2v) is 3.95. The zero-order valence-corrected chi connectivity index (χ0v) is 9.85. The monoisotopic (exact) mass is 241 g/mol. The summed E-state index contributed by atoms with van der Waals surface area (Å²) < 4.78 is 13.1. The normalized spacial score (nSPS) is 12.8. The molecule has 5 heteroatoms. The number of halogens is 1. The first-order valence-electron chi connectivity index (χ1n) is 5.27. The number of aliphatic hydroxyl groups is 1. The Kier molecular flexibility index (Phi) is 4.60. The predicted molar refractivity (Wildman–Crippen MR) is 61.2 cm³/mol. The molecule has 17 heavy (non-hydrogen) atoms. The average Bonchev–Trinajstić information content (AvgIpc) is 2.23. The van der Waals surface area contributed by atoms with Crippen LogP contribution in [-0.2, 0) is 4.79 Å². The third-order valence-corrected chi connectivity index (χ3v) is 2.63. The van der Waals surface area contributed by atoms with Gasteiger partial charge in [-0.25, -0.2) is 4.39 Å². The highest BCUT2D eigenvalue weighted by atomic mass is 19.1. The van der Waals surface area contributed by atoms with Gasteiger partial charge >= 0.3 is 5.97 Å². The van der Waals surface area contributed by atoms with Gasteiger partial charge < -0.3 is 10.2 Å². The van der Waals surface area contributed by atoms with Crippen LogP contribution in [-0.4, -0.2) is 41.3 Å². The molecule has 0 amide bonds. The first-order chi connectivity index (χ1) is 7.97. The molecule has 1 atom stereocenters. The summed E-state index contributed by atoms with van der Waals surface area (Å²) in [5, 5.41) is 18.0. The van der Waals surface area contributed by atoms with Crippen molar-refractivity contribution in [3.8, 4) is 0 Å². The van der Waals surface area contributed by atoms with Gasteiger partial charge in [0, 0.05) is 6.54 Å². The van der Waals surface area contributed by atoms with Gasteiger partial charge in [-0.3, -0.25) is 9.69 Å². The van der Waals surface area contributed by atoms with Gasteiger partial charge in [-0.1, -0.05) is 12.1 Å². The molecule has 4 nitrogen and oxygen atoms in total. The van der Waals surface area contributed by atoms with E-state index in [0.717, 1.165) is 0 Å². The molecule has 0 radical (unpaired) electrons. The van der Waals surface area contributed by atoms with Gasteiger partial charge in [0.25, 0.3) is 0 Å². The number of hydrogen-bond acceptors (Lipinski definition) is 3. The van der Waals surface area contributed by atoms with E-state index in [1.807, 2.05) is 0 Å². The van der Waals surface area contributed by atoms with E-state index < -0.39 is 12.0 Å². The number of carboxylic acids is 1. The van der Waals surface area contributed by atoms with Crippen LogP contribution in [0, 0.1) is 12.7 Å². The summed E-state index contributed by atoms with van der Waals surface area (Å²) >= 11 is 0.